The zero-order valence-electron chi connectivity index (χ0n) is 27.9. The molecule has 0 saturated carbocycles. The average molecular weight is 702 g/mol. The van der Waals surface area contributed by atoms with Crippen LogP contribution in [0.15, 0.2) is 60.7 Å². The van der Waals surface area contributed by atoms with Crippen molar-refractivity contribution in [2.45, 2.75) is 33.2 Å². The molecule has 1 aromatic heterocycles. The van der Waals surface area contributed by atoms with Gasteiger partial charge in [-0.05, 0) is 49.2 Å². The Labute approximate surface area is 281 Å². The van der Waals surface area contributed by atoms with Gasteiger partial charge in [0.1, 0.15) is 5.75 Å². The van der Waals surface area contributed by atoms with Crippen LogP contribution in [0, 0.1) is 13.8 Å². The molecule has 4 aromatic rings. The smallest absolute Gasteiger partial charge is 0.345 e. The summed E-state index contributed by atoms with van der Waals surface area (Å²) in [4.78, 5) is 26.0. The van der Waals surface area contributed by atoms with Crippen LogP contribution in [0.1, 0.15) is 44.7 Å². The normalized spacial score (nSPS) is 12.4. The summed E-state index contributed by atoms with van der Waals surface area (Å²) in [6, 6.07) is 18.1. The third kappa shape index (κ3) is 9.35. The third-order valence-corrected chi connectivity index (χ3v) is 10.5. The topological polar surface area (TPSA) is 157 Å². The first-order chi connectivity index (χ1) is 22.5. The lowest BCUT2D eigenvalue weighted by Gasteiger charge is -2.29. The molecule has 0 aliphatic rings. The van der Waals surface area contributed by atoms with Crippen LogP contribution in [-0.2, 0) is 31.4 Å². The van der Waals surface area contributed by atoms with Crippen LogP contribution in [0.25, 0.3) is 21.8 Å². The Bertz CT molecular complexity index is 1980. The van der Waals surface area contributed by atoms with E-state index in [1.165, 1.54) is 7.11 Å². The fourth-order valence-electron chi connectivity index (χ4n) is 5.84. The fraction of sp³-hybridized carbons (Fsp3) is 0.382. The second-order valence-corrected chi connectivity index (χ2v) is 16.0. The molecule has 4 rings (SSSR count). The molecule has 0 aliphatic heterocycles. The number of aryl methyl sites for hydroxylation is 3. The van der Waals surface area contributed by atoms with Crippen molar-refractivity contribution in [1.82, 2.24) is 4.72 Å². The molecule has 3 aromatic carbocycles. The van der Waals surface area contributed by atoms with Crippen LogP contribution in [-0.4, -0.2) is 90.2 Å². The molecule has 0 atom stereocenters. The van der Waals surface area contributed by atoms with Gasteiger partial charge in [0.05, 0.1) is 74.2 Å². The SMILES string of the molecule is COC(=O)c1cc(C)c(OC(=O)c2c3ccccc3[n+](CCCS(=O)(=O)NCC[N+](C)(C)CCCS(=O)(=O)O)c3ccccc23)c(C)c1. The first-order valence-electron chi connectivity index (χ1n) is 15.5. The molecule has 0 bridgehead atoms. The van der Waals surface area contributed by atoms with E-state index in [0.29, 0.717) is 69.3 Å². The molecule has 0 aliphatic carbocycles. The molecule has 1 heterocycles. The second kappa shape index (κ2) is 15.1. The average Bonchev–Trinajstić information content (AvgIpc) is 3.00. The number of methoxy groups -OCH3 is 1. The first-order valence-corrected chi connectivity index (χ1v) is 18.8. The maximum absolute atomic E-state index is 13.9. The molecule has 0 amide bonds. The number of nitrogens with one attached hydrogen (secondary N) is 1. The van der Waals surface area contributed by atoms with Crippen LogP contribution in [0.3, 0.4) is 0 Å². The van der Waals surface area contributed by atoms with Crippen molar-refractivity contribution in [3.63, 3.8) is 0 Å². The van der Waals surface area contributed by atoms with Crippen molar-refractivity contribution < 1.29 is 49.5 Å². The number of likely N-dealkylation sites (N-methyl/N-ethyl adjacent to an activating group) is 1. The Morgan fingerprint density at radius 2 is 1.40 bits per heavy atom. The molecule has 0 fully saturated rings. The molecule has 0 saturated heterocycles. The number of pyridine rings is 1. The maximum Gasteiger partial charge on any atom is 0.345 e. The van der Waals surface area contributed by atoms with E-state index in [4.69, 9.17) is 14.0 Å². The summed E-state index contributed by atoms with van der Waals surface area (Å²) >= 11 is 0. The monoisotopic (exact) mass is 701 g/mol. The lowest BCUT2D eigenvalue weighted by Crippen LogP contribution is -2.46. The minimum Gasteiger partial charge on any atom is -0.465 e. The standard InChI is InChI=1S/C34H42N3O9S2/c1-24-22-26(33(38)45-5)23-25(2)32(24)46-34(39)31-27-12-6-8-14-29(27)36(30-15-9-7-13-28(30)31)17-10-20-47(40,41)35-16-19-37(3,4)18-11-21-48(42,43)44/h6-9,12-15,22-23,35H,10-11,16-21H2,1-5H3/q+1/p+1. The number of rotatable bonds is 15. The Hall–Kier alpha value is -3.95. The van der Waals surface area contributed by atoms with E-state index in [-0.39, 0.29) is 24.5 Å². The van der Waals surface area contributed by atoms with Crippen molar-refractivity contribution >= 4 is 53.9 Å². The number of nitrogens with zero attached hydrogens (tertiary/aromatic N) is 2. The predicted octanol–water partition coefficient (Wildman–Crippen LogP) is 3.57. The highest BCUT2D eigenvalue weighted by atomic mass is 32.2. The molecule has 14 heteroatoms. The molecule has 258 valence electrons. The molecular formula is C34H43N3O9S2+2. The summed E-state index contributed by atoms with van der Waals surface area (Å²) in [6.45, 7) is 4.97. The number of aromatic nitrogens is 1. The Balaban J connectivity index is 1.53. The number of esters is 2. The zero-order chi connectivity index (χ0) is 35.3. The van der Waals surface area contributed by atoms with E-state index in [0.717, 1.165) is 11.0 Å². The Morgan fingerprint density at radius 1 is 0.833 bits per heavy atom. The van der Waals surface area contributed by atoms with E-state index in [9.17, 15) is 26.4 Å². The van der Waals surface area contributed by atoms with Crippen molar-refractivity contribution in [2.75, 3.05) is 52.3 Å². The van der Waals surface area contributed by atoms with Crippen molar-refractivity contribution in [3.8, 4) is 5.75 Å². The van der Waals surface area contributed by atoms with Gasteiger partial charge in [-0.25, -0.2) is 22.7 Å². The number of ether oxygens (including phenoxy) is 2. The molecule has 0 unspecified atom stereocenters. The summed E-state index contributed by atoms with van der Waals surface area (Å²) in [7, 11) is -2.61. The number of para-hydroxylation sites is 2. The summed E-state index contributed by atoms with van der Waals surface area (Å²) < 4.78 is 72.6. The number of fused-ring (bicyclic) bond motifs is 2. The van der Waals surface area contributed by atoms with Crippen LogP contribution in [0.4, 0.5) is 0 Å². The van der Waals surface area contributed by atoms with Gasteiger partial charge >= 0.3 is 11.9 Å². The van der Waals surface area contributed by atoms with Gasteiger partial charge < -0.3 is 14.0 Å². The van der Waals surface area contributed by atoms with Crippen LogP contribution in [0.5, 0.6) is 5.75 Å². The number of hydrogen-bond donors (Lipinski definition) is 2. The molecule has 0 radical (unpaired) electrons. The molecular weight excluding hydrogens is 659 g/mol. The van der Waals surface area contributed by atoms with Crippen molar-refractivity contribution in [3.05, 3.63) is 82.9 Å². The van der Waals surface area contributed by atoms with Crippen LogP contribution >= 0.6 is 0 Å². The van der Waals surface area contributed by atoms with Gasteiger partial charge in [-0.2, -0.15) is 13.0 Å². The summed E-state index contributed by atoms with van der Waals surface area (Å²) in [5.41, 5.74) is 3.44. The molecule has 48 heavy (non-hydrogen) atoms. The van der Waals surface area contributed by atoms with Gasteiger partial charge in [0.25, 0.3) is 10.1 Å². The quantitative estimate of drug-likeness (QED) is 0.0473. The van der Waals surface area contributed by atoms with E-state index in [1.54, 1.807) is 26.0 Å². The lowest BCUT2D eigenvalue weighted by atomic mass is 10.0. The Kier molecular flexibility index (Phi) is 11.6. The molecule has 12 nitrogen and oxygen atoms in total. The maximum atomic E-state index is 13.9. The highest BCUT2D eigenvalue weighted by molar-refractivity contribution is 7.89. The van der Waals surface area contributed by atoms with Gasteiger partial charge in [-0.1, -0.05) is 24.3 Å². The van der Waals surface area contributed by atoms with E-state index >= 15 is 0 Å². The molecule has 2 N–H and O–H groups in total. The van der Waals surface area contributed by atoms with Gasteiger partial charge in [0.15, 0.2) is 6.54 Å². The van der Waals surface area contributed by atoms with Gasteiger partial charge in [0, 0.05) is 25.0 Å². The minimum atomic E-state index is -4.04. The first kappa shape index (κ1) is 36.9. The van der Waals surface area contributed by atoms with E-state index < -0.39 is 32.1 Å². The third-order valence-electron chi connectivity index (χ3n) is 8.21. The zero-order valence-corrected chi connectivity index (χ0v) is 29.5. The summed E-state index contributed by atoms with van der Waals surface area (Å²) in [5, 5.41) is 1.30. The lowest BCUT2D eigenvalue weighted by molar-refractivity contribution is -0.889. The van der Waals surface area contributed by atoms with Crippen LogP contribution in [0.2, 0.25) is 0 Å². The van der Waals surface area contributed by atoms with Gasteiger partial charge in [-0.15, -0.1) is 0 Å². The fourth-order valence-corrected chi connectivity index (χ4v) is 7.39. The Morgan fingerprint density at radius 3 is 1.94 bits per heavy atom. The predicted molar refractivity (Wildman–Crippen MR) is 183 cm³/mol. The number of benzene rings is 3. The number of sulfonamides is 1. The number of carbonyl (C=O) groups excluding carboxylic acids is 2. The van der Waals surface area contributed by atoms with E-state index in [2.05, 4.69) is 4.72 Å². The summed E-state index contributed by atoms with van der Waals surface area (Å²) in [6.07, 6.45) is 0.562. The van der Waals surface area contributed by atoms with Gasteiger partial charge in [-0.3, -0.25) is 4.55 Å². The highest BCUT2D eigenvalue weighted by Crippen LogP contribution is 2.30. The summed E-state index contributed by atoms with van der Waals surface area (Å²) in [5.74, 6) is -1.15. The minimum absolute atomic E-state index is 0.122. The number of quaternary nitrogens is 1. The van der Waals surface area contributed by atoms with Crippen molar-refractivity contribution in [1.29, 1.82) is 0 Å². The molecule has 0 spiro atoms. The van der Waals surface area contributed by atoms with Gasteiger partial charge in [0.2, 0.25) is 21.1 Å². The number of hydrogen-bond acceptors (Lipinski definition) is 8. The van der Waals surface area contributed by atoms with Crippen LogP contribution < -0.4 is 14.0 Å². The highest BCUT2D eigenvalue weighted by Gasteiger charge is 2.27. The number of carbonyl (C=O) groups is 2. The second-order valence-electron chi connectivity index (χ2n) is 12.5. The largest absolute Gasteiger partial charge is 0.465 e. The van der Waals surface area contributed by atoms with Crippen molar-refractivity contribution in [2.24, 2.45) is 0 Å². The van der Waals surface area contributed by atoms with E-state index in [1.807, 2.05) is 67.2 Å².